The van der Waals surface area contributed by atoms with Gasteiger partial charge in [0.2, 0.25) is 5.91 Å². The van der Waals surface area contributed by atoms with Gasteiger partial charge in [0.05, 0.1) is 6.07 Å². The van der Waals surface area contributed by atoms with Crippen molar-refractivity contribution in [2.75, 3.05) is 19.6 Å². The van der Waals surface area contributed by atoms with Gasteiger partial charge < -0.3 is 10.6 Å². The largest absolute Gasteiger partial charge is 0.370 e. The molecule has 0 unspecified atom stereocenters. The predicted octanol–water partition coefficient (Wildman–Crippen LogP) is 0.487. The van der Waals surface area contributed by atoms with Crippen LogP contribution in [0.15, 0.2) is 0 Å². The molecule has 0 atom stereocenters. The van der Waals surface area contributed by atoms with Gasteiger partial charge in [-0.1, -0.05) is 0 Å². The second-order valence-electron chi connectivity index (χ2n) is 3.86. The Labute approximate surface area is 84.7 Å². The van der Waals surface area contributed by atoms with Gasteiger partial charge in [-0.2, -0.15) is 5.26 Å². The Morgan fingerprint density at radius 2 is 2.14 bits per heavy atom. The lowest BCUT2D eigenvalue weighted by molar-refractivity contribution is -0.119. The van der Waals surface area contributed by atoms with Crippen molar-refractivity contribution in [2.24, 2.45) is 11.7 Å². The number of hydrogen-bond donors (Lipinski definition) is 1. The van der Waals surface area contributed by atoms with E-state index in [0.29, 0.717) is 18.8 Å². The highest BCUT2D eigenvalue weighted by Gasteiger charge is 2.19. The maximum absolute atomic E-state index is 10.7. The van der Waals surface area contributed by atoms with Crippen LogP contribution in [0.25, 0.3) is 0 Å². The number of rotatable bonds is 4. The van der Waals surface area contributed by atoms with Crippen LogP contribution in [0.1, 0.15) is 25.7 Å². The van der Waals surface area contributed by atoms with Crippen LogP contribution in [0.4, 0.5) is 0 Å². The van der Waals surface area contributed by atoms with E-state index in [1.54, 1.807) is 0 Å². The quantitative estimate of drug-likeness (QED) is 0.709. The van der Waals surface area contributed by atoms with Crippen LogP contribution in [0.5, 0.6) is 0 Å². The first kappa shape index (κ1) is 11.0. The highest BCUT2D eigenvalue weighted by atomic mass is 16.1. The molecule has 0 saturated carbocycles. The van der Waals surface area contributed by atoms with Gasteiger partial charge in [-0.15, -0.1) is 0 Å². The maximum atomic E-state index is 10.7. The molecule has 1 saturated heterocycles. The van der Waals surface area contributed by atoms with Gasteiger partial charge in [0.15, 0.2) is 0 Å². The SMILES string of the molecule is N#CCCN1CCC(CC(N)=O)CC1. The fraction of sp³-hybridized carbons (Fsp3) is 0.800. The van der Waals surface area contributed by atoms with Crippen molar-refractivity contribution in [1.29, 1.82) is 5.26 Å². The van der Waals surface area contributed by atoms with Crippen LogP contribution in [0.3, 0.4) is 0 Å². The molecule has 4 heteroatoms. The smallest absolute Gasteiger partial charge is 0.217 e. The number of primary amides is 1. The van der Waals surface area contributed by atoms with Crippen LogP contribution in [-0.2, 0) is 4.79 Å². The zero-order chi connectivity index (χ0) is 10.4. The predicted molar refractivity (Wildman–Crippen MR) is 53.2 cm³/mol. The molecule has 1 heterocycles. The molecule has 0 bridgehead atoms. The molecule has 4 nitrogen and oxygen atoms in total. The highest BCUT2D eigenvalue weighted by Crippen LogP contribution is 2.19. The lowest BCUT2D eigenvalue weighted by Gasteiger charge is -2.30. The summed E-state index contributed by atoms with van der Waals surface area (Å²) in [6.45, 7) is 2.86. The van der Waals surface area contributed by atoms with Crippen molar-refractivity contribution in [2.45, 2.75) is 25.7 Å². The second kappa shape index (κ2) is 5.61. The first-order valence-corrected chi connectivity index (χ1v) is 5.10. The third-order valence-corrected chi connectivity index (χ3v) is 2.74. The van der Waals surface area contributed by atoms with Crippen LogP contribution in [-0.4, -0.2) is 30.4 Å². The van der Waals surface area contributed by atoms with E-state index in [9.17, 15) is 4.79 Å². The number of carbonyl (C=O) groups is 1. The molecule has 0 aliphatic carbocycles. The Kier molecular flexibility index (Phi) is 4.41. The van der Waals surface area contributed by atoms with Crippen LogP contribution < -0.4 is 5.73 Å². The second-order valence-corrected chi connectivity index (χ2v) is 3.86. The number of hydrogen-bond acceptors (Lipinski definition) is 3. The number of amides is 1. The minimum Gasteiger partial charge on any atom is -0.370 e. The Balaban J connectivity index is 2.18. The molecule has 0 spiro atoms. The van der Waals surface area contributed by atoms with Crippen LogP contribution in [0, 0.1) is 17.2 Å². The summed E-state index contributed by atoms with van der Waals surface area (Å²) in [7, 11) is 0. The molecular formula is C10H17N3O. The molecule has 1 amide bonds. The van der Waals surface area contributed by atoms with Crippen molar-refractivity contribution < 1.29 is 4.79 Å². The van der Waals surface area contributed by atoms with E-state index in [2.05, 4.69) is 11.0 Å². The number of nitrogens with two attached hydrogens (primary N) is 1. The summed E-state index contributed by atoms with van der Waals surface area (Å²) in [6.07, 6.45) is 3.19. The summed E-state index contributed by atoms with van der Waals surface area (Å²) in [5, 5.41) is 8.43. The van der Waals surface area contributed by atoms with Gasteiger partial charge in [-0.05, 0) is 31.8 Å². The first-order chi connectivity index (χ1) is 6.72. The highest BCUT2D eigenvalue weighted by molar-refractivity contribution is 5.73. The van der Waals surface area contributed by atoms with Crippen molar-refractivity contribution in [3.8, 4) is 6.07 Å². The fourth-order valence-corrected chi connectivity index (χ4v) is 1.91. The van der Waals surface area contributed by atoms with Gasteiger partial charge in [0.25, 0.3) is 0 Å². The van der Waals surface area contributed by atoms with E-state index in [1.165, 1.54) is 0 Å². The number of nitrogens with zero attached hydrogens (tertiary/aromatic N) is 2. The van der Waals surface area contributed by atoms with Crippen molar-refractivity contribution >= 4 is 5.91 Å². The topological polar surface area (TPSA) is 70.1 Å². The third kappa shape index (κ3) is 3.75. The number of piperidine rings is 1. The van der Waals surface area contributed by atoms with Gasteiger partial charge in [-0.25, -0.2) is 0 Å². The molecule has 1 rings (SSSR count). The van der Waals surface area contributed by atoms with Crippen LogP contribution >= 0.6 is 0 Å². The fourth-order valence-electron chi connectivity index (χ4n) is 1.91. The Hall–Kier alpha value is -1.08. The van der Waals surface area contributed by atoms with Crippen molar-refractivity contribution in [3.63, 3.8) is 0 Å². The Morgan fingerprint density at radius 1 is 1.50 bits per heavy atom. The van der Waals surface area contributed by atoms with E-state index < -0.39 is 0 Å². The summed E-state index contributed by atoms with van der Waals surface area (Å²) in [6, 6.07) is 2.14. The van der Waals surface area contributed by atoms with Gasteiger partial charge >= 0.3 is 0 Å². The minimum atomic E-state index is -0.194. The summed E-state index contributed by atoms with van der Waals surface area (Å²) >= 11 is 0. The lowest BCUT2D eigenvalue weighted by Crippen LogP contribution is -2.35. The molecule has 0 aromatic heterocycles. The molecule has 1 fully saturated rings. The molecule has 1 aliphatic rings. The van der Waals surface area contributed by atoms with Gasteiger partial charge in [-0.3, -0.25) is 4.79 Å². The monoisotopic (exact) mass is 195 g/mol. The van der Waals surface area contributed by atoms with E-state index in [4.69, 9.17) is 11.0 Å². The first-order valence-electron chi connectivity index (χ1n) is 5.10. The summed E-state index contributed by atoms with van der Waals surface area (Å²) < 4.78 is 0. The number of nitriles is 1. The Bertz CT molecular complexity index is 226. The third-order valence-electron chi connectivity index (χ3n) is 2.74. The average molecular weight is 195 g/mol. The van der Waals surface area contributed by atoms with Gasteiger partial charge in [0, 0.05) is 19.4 Å². The van der Waals surface area contributed by atoms with Gasteiger partial charge in [0.1, 0.15) is 0 Å². The molecule has 0 radical (unpaired) electrons. The number of carbonyl (C=O) groups excluding carboxylic acids is 1. The number of likely N-dealkylation sites (tertiary alicyclic amines) is 1. The molecule has 1 aliphatic heterocycles. The molecule has 14 heavy (non-hydrogen) atoms. The van der Waals surface area contributed by atoms with E-state index in [1.807, 2.05) is 0 Å². The molecule has 0 aromatic carbocycles. The normalized spacial score (nSPS) is 19.1. The maximum Gasteiger partial charge on any atom is 0.217 e. The van der Waals surface area contributed by atoms with E-state index >= 15 is 0 Å². The zero-order valence-electron chi connectivity index (χ0n) is 8.41. The van der Waals surface area contributed by atoms with Crippen LogP contribution in [0.2, 0.25) is 0 Å². The standard InChI is InChI=1S/C10H17N3O/c11-4-1-5-13-6-2-9(3-7-13)8-10(12)14/h9H,1-3,5-8H2,(H2,12,14). The summed E-state index contributed by atoms with van der Waals surface area (Å²) in [5.41, 5.74) is 5.14. The molecule has 78 valence electrons. The van der Waals surface area contributed by atoms with Crippen molar-refractivity contribution in [1.82, 2.24) is 4.90 Å². The lowest BCUT2D eigenvalue weighted by atomic mass is 9.93. The minimum absolute atomic E-state index is 0.194. The van der Waals surface area contributed by atoms with Crippen molar-refractivity contribution in [3.05, 3.63) is 0 Å². The molecule has 0 aromatic rings. The van der Waals surface area contributed by atoms with E-state index in [0.717, 1.165) is 32.5 Å². The van der Waals surface area contributed by atoms with E-state index in [-0.39, 0.29) is 5.91 Å². The summed E-state index contributed by atoms with van der Waals surface area (Å²) in [4.78, 5) is 13.0. The Morgan fingerprint density at radius 3 is 2.64 bits per heavy atom. The summed E-state index contributed by atoms with van der Waals surface area (Å²) in [5.74, 6) is 0.270. The zero-order valence-corrected chi connectivity index (χ0v) is 8.41. The average Bonchev–Trinajstić information content (AvgIpc) is 2.16. The molecular weight excluding hydrogens is 178 g/mol. The molecule has 2 N–H and O–H groups in total.